The number of hydrogen-bond acceptors (Lipinski definition) is 7. The number of imidazole rings is 1. The average Bonchev–Trinajstić information content (AvgIpc) is 3.19. The number of pyridine rings is 1. The van der Waals surface area contributed by atoms with E-state index in [1.165, 1.54) is 0 Å². The Bertz CT molecular complexity index is 1010. The Hall–Kier alpha value is -3.16. The molecule has 0 fully saturated rings. The van der Waals surface area contributed by atoms with E-state index in [2.05, 4.69) is 53.9 Å². The first kappa shape index (κ1) is 24.5. The molecule has 8 heteroatoms. The molecule has 0 unspecified atom stereocenters. The van der Waals surface area contributed by atoms with Crippen LogP contribution in [0.2, 0.25) is 0 Å². The van der Waals surface area contributed by atoms with Crippen molar-refractivity contribution in [3.63, 3.8) is 0 Å². The maximum absolute atomic E-state index is 5.44. The van der Waals surface area contributed by atoms with Crippen LogP contribution in [0.5, 0.6) is 17.2 Å². The van der Waals surface area contributed by atoms with Gasteiger partial charge in [-0.25, -0.2) is 4.98 Å². The molecular formula is C25H37N5O3. The lowest BCUT2D eigenvalue weighted by atomic mass is 10.1. The lowest BCUT2D eigenvalue weighted by Gasteiger charge is -2.25. The second-order valence-electron chi connectivity index (χ2n) is 9.02. The molecule has 0 saturated carbocycles. The standard InChI is InChI=1S/C25H37N5O3/c1-16(2)10-12-30(13-11-17(3)4)22-9-8-19-24(28-22)29-25(27-19)26-18-14-20(31-5)23(33-7)21(15-18)32-6/h8-9,14-17H,10-13H2,1-7H3,(H2,26,27,28,29). The highest BCUT2D eigenvalue weighted by Crippen LogP contribution is 2.40. The van der Waals surface area contributed by atoms with Gasteiger partial charge in [0.15, 0.2) is 17.1 Å². The summed E-state index contributed by atoms with van der Waals surface area (Å²) in [6.45, 7) is 11.0. The molecule has 0 bridgehead atoms. The molecule has 0 amide bonds. The van der Waals surface area contributed by atoms with E-state index in [0.717, 1.165) is 43.0 Å². The van der Waals surface area contributed by atoms with E-state index >= 15 is 0 Å². The van der Waals surface area contributed by atoms with Gasteiger partial charge in [0.1, 0.15) is 5.82 Å². The molecule has 0 atom stereocenters. The summed E-state index contributed by atoms with van der Waals surface area (Å²) in [5.74, 6) is 4.55. The minimum absolute atomic E-state index is 0.546. The van der Waals surface area contributed by atoms with E-state index < -0.39 is 0 Å². The molecule has 0 aliphatic heterocycles. The molecule has 0 spiro atoms. The number of methoxy groups -OCH3 is 3. The molecule has 0 radical (unpaired) electrons. The van der Waals surface area contributed by atoms with Crippen LogP contribution in [0.25, 0.3) is 11.2 Å². The molecule has 2 aromatic heterocycles. The van der Waals surface area contributed by atoms with Crippen LogP contribution in [0, 0.1) is 11.8 Å². The minimum Gasteiger partial charge on any atom is -0.493 e. The van der Waals surface area contributed by atoms with Crippen LogP contribution < -0.4 is 24.4 Å². The van der Waals surface area contributed by atoms with Gasteiger partial charge < -0.3 is 29.4 Å². The Kier molecular flexibility index (Phi) is 8.25. The monoisotopic (exact) mass is 455 g/mol. The van der Waals surface area contributed by atoms with Gasteiger partial charge in [0.25, 0.3) is 0 Å². The number of aromatic nitrogens is 3. The van der Waals surface area contributed by atoms with Crippen molar-refractivity contribution in [1.29, 1.82) is 0 Å². The number of fused-ring (bicyclic) bond motifs is 1. The van der Waals surface area contributed by atoms with E-state index in [1.54, 1.807) is 21.3 Å². The Morgan fingerprint density at radius 1 is 0.879 bits per heavy atom. The van der Waals surface area contributed by atoms with Gasteiger partial charge in [0.05, 0.1) is 26.8 Å². The van der Waals surface area contributed by atoms with Crippen molar-refractivity contribution in [3.05, 3.63) is 24.3 Å². The summed E-state index contributed by atoms with van der Waals surface area (Å²) in [5, 5.41) is 3.29. The molecule has 3 aromatic rings. The number of hydrogen-bond donors (Lipinski definition) is 2. The van der Waals surface area contributed by atoms with Crippen molar-refractivity contribution in [2.24, 2.45) is 11.8 Å². The van der Waals surface area contributed by atoms with Crippen LogP contribution in [0.3, 0.4) is 0 Å². The van der Waals surface area contributed by atoms with E-state index in [1.807, 2.05) is 18.2 Å². The molecule has 33 heavy (non-hydrogen) atoms. The fraction of sp³-hybridized carbons (Fsp3) is 0.520. The van der Waals surface area contributed by atoms with E-state index in [0.29, 0.717) is 40.7 Å². The predicted molar refractivity (Wildman–Crippen MR) is 134 cm³/mol. The van der Waals surface area contributed by atoms with Crippen molar-refractivity contribution < 1.29 is 14.2 Å². The zero-order chi connectivity index (χ0) is 24.0. The smallest absolute Gasteiger partial charge is 0.207 e. The number of H-pyrrole nitrogens is 1. The fourth-order valence-electron chi connectivity index (χ4n) is 3.58. The third-order valence-electron chi connectivity index (χ3n) is 5.54. The number of anilines is 3. The topological polar surface area (TPSA) is 84.5 Å². The molecule has 180 valence electrons. The van der Waals surface area contributed by atoms with E-state index in [-0.39, 0.29) is 0 Å². The van der Waals surface area contributed by atoms with E-state index in [9.17, 15) is 0 Å². The maximum Gasteiger partial charge on any atom is 0.207 e. The van der Waals surface area contributed by atoms with Gasteiger partial charge in [0.2, 0.25) is 11.7 Å². The van der Waals surface area contributed by atoms with Gasteiger partial charge in [-0.1, -0.05) is 27.7 Å². The van der Waals surface area contributed by atoms with Crippen LogP contribution in [0.1, 0.15) is 40.5 Å². The molecule has 8 nitrogen and oxygen atoms in total. The summed E-state index contributed by atoms with van der Waals surface area (Å²) >= 11 is 0. The first-order chi connectivity index (χ1) is 15.8. The lowest BCUT2D eigenvalue weighted by Crippen LogP contribution is -2.28. The van der Waals surface area contributed by atoms with Crippen LogP contribution in [0.4, 0.5) is 17.5 Å². The van der Waals surface area contributed by atoms with Crippen LogP contribution in [-0.4, -0.2) is 49.4 Å². The molecule has 2 N–H and O–H groups in total. The highest BCUT2D eigenvalue weighted by Gasteiger charge is 2.15. The largest absolute Gasteiger partial charge is 0.493 e. The van der Waals surface area contributed by atoms with Crippen LogP contribution in [-0.2, 0) is 0 Å². The SMILES string of the molecule is COc1cc(Nc2nc3nc(N(CCC(C)C)CCC(C)C)ccc3[nH]2)cc(OC)c1OC. The number of ether oxygens (including phenoxy) is 3. The highest BCUT2D eigenvalue weighted by molar-refractivity contribution is 5.77. The number of aromatic amines is 1. The molecular weight excluding hydrogens is 418 g/mol. The molecule has 0 saturated heterocycles. The van der Waals surface area contributed by atoms with Crippen LogP contribution >= 0.6 is 0 Å². The predicted octanol–water partition coefficient (Wildman–Crippen LogP) is 5.63. The first-order valence-corrected chi connectivity index (χ1v) is 11.5. The minimum atomic E-state index is 0.546. The molecule has 0 aliphatic carbocycles. The summed E-state index contributed by atoms with van der Waals surface area (Å²) in [5.41, 5.74) is 2.32. The van der Waals surface area contributed by atoms with Crippen molar-refractivity contribution >= 4 is 28.6 Å². The number of benzene rings is 1. The molecule has 0 aliphatic rings. The zero-order valence-corrected chi connectivity index (χ0v) is 20.9. The average molecular weight is 456 g/mol. The summed E-state index contributed by atoms with van der Waals surface area (Å²) in [7, 11) is 4.78. The second-order valence-corrected chi connectivity index (χ2v) is 9.02. The first-order valence-electron chi connectivity index (χ1n) is 11.5. The van der Waals surface area contributed by atoms with Gasteiger partial charge in [-0.2, -0.15) is 4.98 Å². The summed E-state index contributed by atoms with van der Waals surface area (Å²) < 4.78 is 16.3. The number of nitrogens with zero attached hydrogens (tertiary/aromatic N) is 3. The van der Waals surface area contributed by atoms with E-state index in [4.69, 9.17) is 19.2 Å². The maximum atomic E-state index is 5.44. The third-order valence-corrected chi connectivity index (χ3v) is 5.54. The zero-order valence-electron chi connectivity index (χ0n) is 20.9. The Morgan fingerprint density at radius 2 is 1.48 bits per heavy atom. The summed E-state index contributed by atoms with van der Waals surface area (Å²) in [4.78, 5) is 15.2. The molecule has 3 rings (SSSR count). The Labute approximate surface area is 196 Å². The van der Waals surface area contributed by atoms with Gasteiger partial charge >= 0.3 is 0 Å². The number of rotatable bonds is 12. The van der Waals surface area contributed by atoms with Crippen molar-refractivity contribution in [2.45, 2.75) is 40.5 Å². The normalized spacial score (nSPS) is 11.3. The molecule has 2 heterocycles. The van der Waals surface area contributed by atoms with Gasteiger partial charge in [-0.3, -0.25) is 0 Å². The van der Waals surface area contributed by atoms with Crippen molar-refractivity contribution in [2.75, 3.05) is 44.6 Å². The van der Waals surface area contributed by atoms with Crippen molar-refractivity contribution in [3.8, 4) is 17.2 Å². The second kappa shape index (κ2) is 11.1. The quantitative estimate of drug-likeness (QED) is 0.366. The summed E-state index contributed by atoms with van der Waals surface area (Å²) in [6.07, 6.45) is 2.26. The van der Waals surface area contributed by atoms with Crippen LogP contribution in [0.15, 0.2) is 24.3 Å². The van der Waals surface area contributed by atoms with Gasteiger partial charge in [0, 0.05) is 30.9 Å². The van der Waals surface area contributed by atoms with Gasteiger partial charge in [-0.05, 0) is 36.8 Å². The lowest BCUT2D eigenvalue weighted by molar-refractivity contribution is 0.324. The van der Waals surface area contributed by atoms with Gasteiger partial charge in [-0.15, -0.1) is 0 Å². The Balaban J connectivity index is 1.85. The fourth-order valence-corrected chi connectivity index (χ4v) is 3.58. The van der Waals surface area contributed by atoms with Crippen molar-refractivity contribution in [1.82, 2.24) is 15.0 Å². The summed E-state index contributed by atoms with van der Waals surface area (Å²) in [6, 6.07) is 7.80. The molecule has 1 aromatic carbocycles. The highest BCUT2D eigenvalue weighted by atomic mass is 16.5. The third kappa shape index (κ3) is 6.21. The Morgan fingerprint density at radius 3 is 2.00 bits per heavy atom. The number of nitrogens with one attached hydrogen (secondary N) is 2.